The first-order chi connectivity index (χ1) is 9.23. The smallest absolute Gasteiger partial charge is 0.314 e. The second kappa shape index (κ2) is 5.30. The predicted molar refractivity (Wildman–Crippen MR) is 65.6 cm³/mol. The Bertz CT molecular complexity index is 595. The molecule has 1 aliphatic rings. The van der Waals surface area contributed by atoms with Crippen molar-refractivity contribution in [3.8, 4) is 0 Å². The molecule has 0 spiro atoms. The molecule has 1 N–H and O–H groups in total. The van der Waals surface area contributed by atoms with E-state index in [1.165, 1.54) is 11.2 Å². The zero-order chi connectivity index (χ0) is 15.0. The van der Waals surface area contributed by atoms with Crippen LogP contribution in [-0.4, -0.2) is 43.9 Å². The van der Waals surface area contributed by atoms with Crippen LogP contribution in [0.5, 0.6) is 0 Å². The monoisotopic (exact) mass is 309 g/mol. The molecule has 0 amide bonds. The Morgan fingerprint density at radius 2 is 1.85 bits per heavy atom. The lowest BCUT2D eigenvalue weighted by Gasteiger charge is -2.27. The van der Waals surface area contributed by atoms with E-state index >= 15 is 0 Å². The number of alkyl halides is 3. The molecule has 0 unspecified atom stereocenters. The van der Waals surface area contributed by atoms with E-state index in [9.17, 15) is 21.6 Å². The van der Waals surface area contributed by atoms with Crippen molar-refractivity contribution in [2.75, 3.05) is 26.2 Å². The molecule has 0 saturated carbocycles. The molecule has 1 aliphatic heterocycles. The van der Waals surface area contributed by atoms with Crippen molar-refractivity contribution in [3.63, 3.8) is 0 Å². The molecule has 2 heterocycles. The molecule has 0 atom stereocenters. The summed E-state index contributed by atoms with van der Waals surface area (Å²) in [5.41, 5.74) is -1.23. The van der Waals surface area contributed by atoms with Crippen LogP contribution in [0.15, 0.2) is 17.0 Å². The number of nitrogens with one attached hydrogen (secondary N) is 1. The van der Waals surface area contributed by atoms with E-state index < -0.39 is 21.9 Å². The van der Waals surface area contributed by atoms with Gasteiger partial charge in [0.25, 0.3) is 0 Å². The van der Waals surface area contributed by atoms with Gasteiger partial charge < -0.3 is 5.32 Å². The molecule has 0 radical (unpaired) electrons. The number of aromatic nitrogens is 1. The molecule has 0 aliphatic carbocycles. The normalized spacial score (nSPS) is 18.2. The molecule has 112 valence electrons. The van der Waals surface area contributed by atoms with E-state index in [4.69, 9.17) is 0 Å². The van der Waals surface area contributed by atoms with Crippen molar-refractivity contribution < 1.29 is 21.6 Å². The molecule has 1 aromatic heterocycles. The number of nitrogens with zero attached hydrogens (tertiary/aromatic N) is 2. The largest absolute Gasteiger partial charge is 0.433 e. The summed E-state index contributed by atoms with van der Waals surface area (Å²) < 4.78 is 63.5. The fourth-order valence-electron chi connectivity index (χ4n) is 2.00. The van der Waals surface area contributed by atoms with Gasteiger partial charge in [0.15, 0.2) is 0 Å². The molecule has 2 rings (SSSR count). The molecular formula is C11H14F3N3O2S. The standard InChI is InChI=1S/C11H14F3N3O2S/c1-8-9(2-3-10(16-8)11(12,13)14)20(18,19)17-6-4-15-5-7-17/h2-3,15H,4-7H2,1H3. The molecule has 0 aromatic carbocycles. The third-order valence-electron chi connectivity index (χ3n) is 3.02. The quantitative estimate of drug-likeness (QED) is 0.885. The second-order valence-electron chi connectivity index (χ2n) is 4.43. The first-order valence-electron chi connectivity index (χ1n) is 5.98. The van der Waals surface area contributed by atoms with E-state index in [-0.39, 0.29) is 10.6 Å². The topological polar surface area (TPSA) is 62.3 Å². The summed E-state index contributed by atoms with van der Waals surface area (Å²) in [5, 5.41) is 3.01. The molecular weight excluding hydrogens is 295 g/mol. The Labute approximate surface area is 114 Å². The van der Waals surface area contributed by atoms with E-state index in [0.717, 1.165) is 6.07 Å². The Hall–Kier alpha value is -1.19. The minimum atomic E-state index is -4.58. The van der Waals surface area contributed by atoms with Crippen LogP contribution < -0.4 is 5.32 Å². The molecule has 0 bridgehead atoms. The molecule has 1 fully saturated rings. The summed E-state index contributed by atoms with van der Waals surface area (Å²) in [4.78, 5) is 3.19. The van der Waals surface area contributed by atoms with Gasteiger partial charge >= 0.3 is 6.18 Å². The number of hydrogen-bond donors (Lipinski definition) is 1. The van der Waals surface area contributed by atoms with E-state index in [0.29, 0.717) is 32.2 Å². The van der Waals surface area contributed by atoms with Crippen LogP contribution in [0, 0.1) is 6.92 Å². The Balaban J connectivity index is 2.37. The number of aryl methyl sites for hydroxylation is 1. The lowest BCUT2D eigenvalue weighted by Crippen LogP contribution is -2.46. The zero-order valence-corrected chi connectivity index (χ0v) is 11.6. The number of piperazine rings is 1. The van der Waals surface area contributed by atoms with Crippen molar-refractivity contribution in [1.82, 2.24) is 14.6 Å². The average molecular weight is 309 g/mol. The Morgan fingerprint density at radius 1 is 1.25 bits per heavy atom. The average Bonchev–Trinajstić information content (AvgIpc) is 2.38. The number of sulfonamides is 1. The number of halogens is 3. The van der Waals surface area contributed by atoms with Crippen molar-refractivity contribution in [2.45, 2.75) is 18.0 Å². The SMILES string of the molecule is Cc1nc(C(F)(F)F)ccc1S(=O)(=O)N1CCNCC1. The van der Waals surface area contributed by atoms with Crippen LogP contribution in [0.2, 0.25) is 0 Å². The van der Waals surface area contributed by atoms with Crippen molar-refractivity contribution >= 4 is 10.0 Å². The molecule has 1 saturated heterocycles. The number of pyridine rings is 1. The van der Waals surface area contributed by atoms with Gasteiger partial charge in [0, 0.05) is 26.2 Å². The van der Waals surface area contributed by atoms with Crippen molar-refractivity contribution in [2.24, 2.45) is 0 Å². The maximum Gasteiger partial charge on any atom is 0.433 e. The summed E-state index contributed by atoms with van der Waals surface area (Å²) in [6.07, 6.45) is -4.58. The van der Waals surface area contributed by atoms with Crippen LogP contribution >= 0.6 is 0 Å². The van der Waals surface area contributed by atoms with Gasteiger partial charge in [-0.15, -0.1) is 0 Å². The van der Waals surface area contributed by atoms with Crippen LogP contribution in [-0.2, 0) is 16.2 Å². The number of rotatable bonds is 2. The highest BCUT2D eigenvalue weighted by atomic mass is 32.2. The van der Waals surface area contributed by atoms with Crippen LogP contribution in [0.3, 0.4) is 0 Å². The fraction of sp³-hybridized carbons (Fsp3) is 0.545. The minimum Gasteiger partial charge on any atom is -0.314 e. The second-order valence-corrected chi connectivity index (χ2v) is 6.34. The van der Waals surface area contributed by atoms with Crippen LogP contribution in [0.4, 0.5) is 13.2 Å². The highest BCUT2D eigenvalue weighted by Crippen LogP contribution is 2.29. The highest BCUT2D eigenvalue weighted by Gasteiger charge is 2.34. The lowest BCUT2D eigenvalue weighted by molar-refractivity contribution is -0.141. The number of hydrogen-bond acceptors (Lipinski definition) is 4. The first-order valence-corrected chi connectivity index (χ1v) is 7.42. The zero-order valence-electron chi connectivity index (χ0n) is 10.7. The van der Waals surface area contributed by atoms with Crippen molar-refractivity contribution in [1.29, 1.82) is 0 Å². The van der Waals surface area contributed by atoms with Crippen LogP contribution in [0.1, 0.15) is 11.4 Å². The molecule has 5 nitrogen and oxygen atoms in total. The van der Waals surface area contributed by atoms with Gasteiger partial charge in [-0.3, -0.25) is 0 Å². The van der Waals surface area contributed by atoms with E-state index in [2.05, 4.69) is 10.3 Å². The summed E-state index contributed by atoms with van der Waals surface area (Å²) in [6, 6.07) is 1.67. The molecule has 1 aromatic rings. The summed E-state index contributed by atoms with van der Waals surface area (Å²) in [5.74, 6) is 0. The van der Waals surface area contributed by atoms with E-state index in [1.54, 1.807) is 0 Å². The third kappa shape index (κ3) is 2.94. The Morgan fingerprint density at radius 3 is 2.35 bits per heavy atom. The van der Waals surface area contributed by atoms with Gasteiger partial charge in [0.1, 0.15) is 10.6 Å². The predicted octanol–water partition coefficient (Wildman–Crippen LogP) is 1.00. The fourth-order valence-corrected chi connectivity index (χ4v) is 3.60. The van der Waals surface area contributed by atoms with Gasteiger partial charge in [-0.2, -0.15) is 17.5 Å². The maximum atomic E-state index is 12.5. The van der Waals surface area contributed by atoms with Gasteiger partial charge in [-0.25, -0.2) is 13.4 Å². The van der Waals surface area contributed by atoms with Gasteiger partial charge in [-0.1, -0.05) is 0 Å². The van der Waals surface area contributed by atoms with E-state index in [1.807, 2.05) is 0 Å². The Kier molecular flexibility index (Phi) is 4.03. The first kappa shape index (κ1) is 15.2. The highest BCUT2D eigenvalue weighted by molar-refractivity contribution is 7.89. The summed E-state index contributed by atoms with van der Waals surface area (Å²) >= 11 is 0. The maximum absolute atomic E-state index is 12.5. The summed E-state index contributed by atoms with van der Waals surface area (Å²) in [7, 11) is -3.79. The van der Waals surface area contributed by atoms with Gasteiger partial charge in [-0.05, 0) is 19.1 Å². The summed E-state index contributed by atoms with van der Waals surface area (Å²) in [6.45, 7) is 2.90. The van der Waals surface area contributed by atoms with Gasteiger partial charge in [0.05, 0.1) is 5.69 Å². The minimum absolute atomic E-state index is 0.140. The van der Waals surface area contributed by atoms with Crippen LogP contribution in [0.25, 0.3) is 0 Å². The third-order valence-corrected chi connectivity index (χ3v) is 5.05. The lowest BCUT2D eigenvalue weighted by atomic mass is 10.3. The molecule has 20 heavy (non-hydrogen) atoms. The molecule has 9 heteroatoms. The van der Waals surface area contributed by atoms with Gasteiger partial charge in [0.2, 0.25) is 10.0 Å². The van der Waals surface area contributed by atoms with Crippen molar-refractivity contribution in [3.05, 3.63) is 23.5 Å².